The van der Waals surface area contributed by atoms with Crippen LogP contribution in [0.5, 0.6) is 0 Å². The second-order valence-electron chi connectivity index (χ2n) is 6.50. The van der Waals surface area contributed by atoms with Gasteiger partial charge < -0.3 is 14.8 Å². The van der Waals surface area contributed by atoms with Crippen molar-refractivity contribution in [3.05, 3.63) is 35.9 Å². The Morgan fingerprint density at radius 2 is 1.85 bits per heavy atom. The largest absolute Gasteiger partial charge is 0.459 e. The molecule has 2 amide bonds. The van der Waals surface area contributed by atoms with Crippen molar-refractivity contribution in [2.45, 2.75) is 33.3 Å². The summed E-state index contributed by atoms with van der Waals surface area (Å²) in [4.78, 5) is 46.7. The number of anilines is 1. The van der Waals surface area contributed by atoms with Gasteiger partial charge >= 0.3 is 5.97 Å². The van der Waals surface area contributed by atoms with E-state index in [1.165, 1.54) is 19.1 Å². The summed E-state index contributed by atoms with van der Waals surface area (Å²) in [6, 6.07) is 7.06. The van der Waals surface area contributed by atoms with E-state index in [1.54, 1.807) is 45.0 Å². The Bertz CT molecular complexity index is 704. The molecule has 0 aromatic heterocycles. The van der Waals surface area contributed by atoms with Crippen molar-refractivity contribution in [3.8, 4) is 0 Å². The van der Waals surface area contributed by atoms with Gasteiger partial charge in [0.1, 0.15) is 18.4 Å². The molecule has 0 aliphatic rings. The number of hydrogen-bond donors (Lipinski definition) is 1. The maximum Gasteiger partial charge on any atom is 0.325 e. The molecule has 0 saturated carbocycles. The van der Waals surface area contributed by atoms with Crippen LogP contribution in [0.15, 0.2) is 30.3 Å². The Morgan fingerprint density at radius 1 is 1.19 bits per heavy atom. The molecule has 1 rings (SSSR count). The van der Waals surface area contributed by atoms with Gasteiger partial charge in [0.2, 0.25) is 5.91 Å². The first-order chi connectivity index (χ1) is 12.1. The Labute approximate surface area is 153 Å². The van der Waals surface area contributed by atoms with E-state index in [2.05, 4.69) is 5.32 Å². The lowest BCUT2D eigenvalue weighted by atomic mass is 10.1. The third-order valence-corrected chi connectivity index (χ3v) is 3.11. The van der Waals surface area contributed by atoms with Crippen LogP contribution in [-0.2, 0) is 23.9 Å². The molecule has 26 heavy (non-hydrogen) atoms. The van der Waals surface area contributed by atoms with Crippen LogP contribution in [0, 0.1) is 0 Å². The zero-order valence-corrected chi connectivity index (χ0v) is 15.4. The number of amides is 2. The molecule has 140 valence electrons. The Hall–Kier alpha value is -2.96. The average molecular weight is 360 g/mol. The lowest BCUT2D eigenvalue weighted by Crippen LogP contribution is -2.35. The summed E-state index contributed by atoms with van der Waals surface area (Å²) in [5.41, 5.74) is 0.713. The molecule has 7 nitrogen and oxygen atoms in total. The summed E-state index contributed by atoms with van der Waals surface area (Å²) >= 11 is 0. The quantitative estimate of drug-likeness (QED) is 0.454. The number of aldehydes is 1. The number of imide groups is 1. The number of benzene rings is 1. The Morgan fingerprint density at radius 3 is 2.42 bits per heavy atom. The summed E-state index contributed by atoms with van der Waals surface area (Å²) in [5, 5.41) is 2.96. The highest BCUT2D eigenvalue weighted by atomic mass is 16.6. The molecule has 1 aromatic carbocycles. The van der Waals surface area contributed by atoms with Gasteiger partial charge in [-0.2, -0.15) is 0 Å². The van der Waals surface area contributed by atoms with Crippen LogP contribution in [0.25, 0.3) is 6.08 Å². The first-order valence-corrected chi connectivity index (χ1v) is 8.12. The van der Waals surface area contributed by atoms with Crippen molar-refractivity contribution in [3.63, 3.8) is 0 Å². The highest BCUT2D eigenvalue weighted by Gasteiger charge is 2.16. The van der Waals surface area contributed by atoms with Gasteiger partial charge in [-0.25, -0.2) is 0 Å². The molecule has 0 atom stereocenters. The molecule has 0 saturated heterocycles. The highest BCUT2D eigenvalue weighted by Crippen LogP contribution is 2.17. The SMILES string of the molecule is CC(=O)N(CC=O)C(=O)/C=C/c1ccccc1NCC(=O)OC(C)(C)C. The summed E-state index contributed by atoms with van der Waals surface area (Å²) < 4.78 is 5.23. The second-order valence-corrected chi connectivity index (χ2v) is 6.50. The van der Waals surface area contributed by atoms with Crippen molar-refractivity contribution in [1.29, 1.82) is 0 Å². The number of nitrogens with zero attached hydrogens (tertiary/aromatic N) is 1. The minimum Gasteiger partial charge on any atom is -0.459 e. The van der Waals surface area contributed by atoms with E-state index in [0.717, 1.165) is 4.90 Å². The Balaban J connectivity index is 2.82. The van der Waals surface area contributed by atoms with Crippen molar-refractivity contribution in [1.82, 2.24) is 4.90 Å². The van der Waals surface area contributed by atoms with Gasteiger partial charge in [0, 0.05) is 18.7 Å². The molecule has 7 heteroatoms. The molecule has 1 N–H and O–H groups in total. The fourth-order valence-electron chi connectivity index (χ4n) is 2.05. The molecule has 0 spiro atoms. The Kier molecular flexibility index (Phi) is 7.71. The normalized spacial score (nSPS) is 11.1. The zero-order valence-electron chi connectivity index (χ0n) is 15.4. The summed E-state index contributed by atoms with van der Waals surface area (Å²) in [5.74, 6) is -1.50. The third kappa shape index (κ3) is 7.29. The van der Waals surface area contributed by atoms with Crippen molar-refractivity contribution < 1.29 is 23.9 Å². The first-order valence-electron chi connectivity index (χ1n) is 8.12. The summed E-state index contributed by atoms with van der Waals surface area (Å²) in [7, 11) is 0. The number of hydrogen-bond acceptors (Lipinski definition) is 6. The van der Waals surface area contributed by atoms with Crippen molar-refractivity contribution in [2.75, 3.05) is 18.4 Å². The zero-order chi connectivity index (χ0) is 19.7. The van der Waals surface area contributed by atoms with Gasteiger partial charge in [-0.05, 0) is 38.5 Å². The van der Waals surface area contributed by atoms with Gasteiger partial charge in [0.15, 0.2) is 0 Å². The van der Waals surface area contributed by atoms with Crippen LogP contribution >= 0.6 is 0 Å². The van der Waals surface area contributed by atoms with Gasteiger partial charge in [-0.1, -0.05) is 18.2 Å². The van der Waals surface area contributed by atoms with E-state index >= 15 is 0 Å². The van der Waals surface area contributed by atoms with E-state index in [0.29, 0.717) is 17.5 Å². The second kappa shape index (κ2) is 9.50. The molecule has 0 radical (unpaired) electrons. The topological polar surface area (TPSA) is 92.8 Å². The third-order valence-electron chi connectivity index (χ3n) is 3.11. The number of para-hydroxylation sites is 1. The molecular weight excluding hydrogens is 336 g/mol. The van der Waals surface area contributed by atoms with Gasteiger partial charge in [0.05, 0.1) is 6.54 Å². The van der Waals surface area contributed by atoms with E-state index in [1.807, 2.05) is 0 Å². The standard InChI is InChI=1S/C19H24N2O5/c1-14(23)21(11-12-22)17(24)10-9-15-7-5-6-8-16(15)20-13-18(25)26-19(2,3)4/h5-10,12,20H,11,13H2,1-4H3/b10-9+. The lowest BCUT2D eigenvalue weighted by molar-refractivity contribution is -0.152. The lowest BCUT2D eigenvalue weighted by Gasteiger charge is -2.20. The minimum absolute atomic E-state index is 0.0270. The average Bonchev–Trinajstić information content (AvgIpc) is 2.54. The van der Waals surface area contributed by atoms with Gasteiger partial charge in [-0.3, -0.25) is 19.3 Å². The highest BCUT2D eigenvalue weighted by molar-refractivity contribution is 6.03. The maximum atomic E-state index is 12.0. The van der Waals surface area contributed by atoms with Crippen LogP contribution in [0.1, 0.15) is 33.3 Å². The molecular formula is C19H24N2O5. The predicted molar refractivity (Wildman–Crippen MR) is 98.3 cm³/mol. The molecule has 0 aliphatic heterocycles. The maximum absolute atomic E-state index is 12.0. The van der Waals surface area contributed by atoms with Crippen molar-refractivity contribution >= 4 is 35.8 Å². The number of nitrogens with one attached hydrogen (secondary N) is 1. The van der Waals surface area contributed by atoms with Crippen LogP contribution in [0.4, 0.5) is 5.69 Å². The molecule has 0 fully saturated rings. The number of ether oxygens (including phenoxy) is 1. The monoisotopic (exact) mass is 360 g/mol. The minimum atomic E-state index is -0.591. The van der Waals surface area contributed by atoms with E-state index < -0.39 is 23.4 Å². The van der Waals surface area contributed by atoms with E-state index in [9.17, 15) is 19.2 Å². The van der Waals surface area contributed by atoms with Crippen LogP contribution in [0.3, 0.4) is 0 Å². The molecule has 0 bridgehead atoms. The number of esters is 1. The molecule has 0 heterocycles. The predicted octanol–water partition coefficient (Wildman–Crippen LogP) is 2.03. The van der Waals surface area contributed by atoms with Crippen LogP contribution in [0.2, 0.25) is 0 Å². The number of carbonyl (C=O) groups excluding carboxylic acids is 4. The smallest absolute Gasteiger partial charge is 0.325 e. The van der Waals surface area contributed by atoms with Gasteiger partial charge in [0.25, 0.3) is 5.91 Å². The van der Waals surface area contributed by atoms with Crippen molar-refractivity contribution in [2.24, 2.45) is 0 Å². The fraction of sp³-hybridized carbons (Fsp3) is 0.368. The number of rotatable bonds is 7. The van der Waals surface area contributed by atoms with E-state index in [-0.39, 0.29) is 13.1 Å². The number of carbonyl (C=O) groups is 4. The molecule has 1 aromatic rings. The summed E-state index contributed by atoms with van der Waals surface area (Å²) in [6.45, 7) is 6.25. The molecule has 0 unspecified atom stereocenters. The molecule has 0 aliphatic carbocycles. The van der Waals surface area contributed by atoms with E-state index in [4.69, 9.17) is 4.74 Å². The van der Waals surface area contributed by atoms with Crippen LogP contribution < -0.4 is 5.32 Å². The summed E-state index contributed by atoms with van der Waals surface area (Å²) in [6.07, 6.45) is 3.21. The first kappa shape index (κ1) is 21.1. The van der Waals surface area contributed by atoms with Crippen LogP contribution in [-0.4, -0.2) is 47.7 Å². The fourth-order valence-corrected chi connectivity index (χ4v) is 2.05. The van der Waals surface area contributed by atoms with Gasteiger partial charge in [-0.15, -0.1) is 0 Å².